The third-order valence-corrected chi connectivity index (χ3v) is 13.4. The molecular weight excluding hydrogens is 723 g/mol. The molecule has 0 saturated carbocycles. The molecule has 0 aliphatic heterocycles. The lowest BCUT2D eigenvalue weighted by molar-refractivity contribution is -0.123. The first-order valence-corrected chi connectivity index (χ1v) is 27.7. The molecule has 0 fully saturated rings. The van der Waals surface area contributed by atoms with Gasteiger partial charge in [-0.25, -0.2) is 0 Å². The van der Waals surface area contributed by atoms with Gasteiger partial charge in [0.05, 0.1) is 18.8 Å². The van der Waals surface area contributed by atoms with Gasteiger partial charge in [0.15, 0.2) is 0 Å². The molecule has 0 saturated heterocycles. The second-order valence-corrected chi connectivity index (χ2v) is 19.4. The fourth-order valence-corrected chi connectivity index (χ4v) is 9.13. The molecule has 0 radical (unpaired) electrons. The molecule has 0 aromatic carbocycles. The summed E-state index contributed by atoms with van der Waals surface area (Å²) in [5.74, 6) is -0.0220. The minimum absolute atomic E-state index is 0.0220. The summed E-state index contributed by atoms with van der Waals surface area (Å²) in [5, 5.41) is 23.3. The topological polar surface area (TPSA) is 69.6 Å². The van der Waals surface area contributed by atoms with Crippen LogP contribution in [0.25, 0.3) is 0 Å². The molecule has 0 aromatic heterocycles. The molecule has 0 aromatic rings. The third kappa shape index (κ3) is 48.3. The van der Waals surface area contributed by atoms with E-state index in [-0.39, 0.29) is 12.5 Å². The number of carbonyl (C=O) groups excluding carboxylic acids is 1. The van der Waals surface area contributed by atoms with Gasteiger partial charge < -0.3 is 15.5 Å². The Balaban J connectivity index is 3.41. The van der Waals surface area contributed by atoms with Gasteiger partial charge in [0.1, 0.15) is 0 Å². The molecule has 2 unspecified atom stereocenters. The van der Waals surface area contributed by atoms with Crippen LogP contribution in [-0.4, -0.2) is 34.9 Å². The SMILES string of the molecule is CCCCCCCCCCCCCCCCCCCCCCCCCCC(=O)NC(CO)C(O)CCCCCCCCCCCCCCCCCCCCCCCCC. The average Bonchev–Trinajstić information content (AvgIpc) is 3.24. The zero-order valence-electron chi connectivity index (χ0n) is 40.8. The number of rotatable bonds is 52. The zero-order chi connectivity index (χ0) is 42.8. The van der Waals surface area contributed by atoms with Crippen molar-refractivity contribution >= 4 is 5.91 Å². The molecule has 1 amide bonds. The van der Waals surface area contributed by atoms with Crippen molar-refractivity contribution in [1.82, 2.24) is 5.32 Å². The van der Waals surface area contributed by atoms with Crippen LogP contribution < -0.4 is 5.32 Å². The van der Waals surface area contributed by atoms with Gasteiger partial charge in [0, 0.05) is 6.42 Å². The van der Waals surface area contributed by atoms with Crippen LogP contribution >= 0.6 is 0 Å². The van der Waals surface area contributed by atoms with Crippen LogP contribution in [0.15, 0.2) is 0 Å². The highest BCUT2D eigenvalue weighted by Crippen LogP contribution is 2.18. The Morgan fingerprint density at radius 1 is 0.339 bits per heavy atom. The van der Waals surface area contributed by atoms with Gasteiger partial charge >= 0.3 is 0 Å². The van der Waals surface area contributed by atoms with Crippen LogP contribution in [0.2, 0.25) is 0 Å². The maximum atomic E-state index is 12.5. The number of hydrogen-bond donors (Lipinski definition) is 3. The molecule has 59 heavy (non-hydrogen) atoms. The van der Waals surface area contributed by atoms with Crippen molar-refractivity contribution in [3.05, 3.63) is 0 Å². The van der Waals surface area contributed by atoms with E-state index in [2.05, 4.69) is 19.2 Å². The molecule has 0 aliphatic carbocycles. The molecule has 0 aliphatic rings. The lowest BCUT2D eigenvalue weighted by atomic mass is 10.0. The molecule has 4 heteroatoms. The molecule has 0 bridgehead atoms. The van der Waals surface area contributed by atoms with E-state index in [4.69, 9.17) is 0 Å². The smallest absolute Gasteiger partial charge is 0.220 e. The van der Waals surface area contributed by atoms with Crippen LogP contribution in [0.5, 0.6) is 0 Å². The number of carbonyl (C=O) groups is 1. The summed E-state index contributed by atoms with van der Waals surface area (Å²) in [6.07, 6.45) is 65.2. The lowest BCUT2D eigenvalue weighted by Crippen LogP contribution is -2.45. The standard InChI is InChI=1S/C55H111NO3/c1-3-5-7-9-11-13-15-17-19-21-23-25-27-29-31-33-35-37-39-41-43-45-47-49-51-55(59)56-53(52-57)54(58)50-48-46-44-42-40-38-36-34-32-30-28-26-24-22-20-18-16-14-12-10-8-6-4-2/h53-54,57-58H,3-52H2,1-2H3,(H,56,59). The van der Waals surface area contributed by atoms with Crippen molar-refractivity contribution in [3.8, 4) is 0 Å². The normalized spacial score (nSPS) is 12.7. The second-order valence-electron chi connectivity index (χ2n) is 19.4. The van der Waals surface area contributed by atoms with Crippen LogP contribution in [-0.2, 0) is 4.79 Å². The molecule has 0 heterocycles. The van der Waals surface area contributed by atoms with Crippen molar-refractivity contribution in [2.45, 2.75) is 341 Å². The number of nitrogens with one attached hydrogen (secondary N) is 1. The second kappa shape index (κ2) is 51.7. The van der Waals surface area contributed by atoms with E-state index in [1.54, 1.807) is 0 Å². The largest absolute Gasteiger partial charge is 0.394 e. The molecule has 0 spiro atoms. The Hall–Kier alpha value is -0.610. The van der Waals surface area contributed by atoms with Crippen molar-refractivity contribution < 1.29 is 15.0 Å². The van der Waals surface area contributed by atoms with Gasteiger partial charge in [-0.2, -0.15) is 0 Å². The summed E-state index contributed by atoms with van der Waals surface area (Å²) in [4.78, 5) is 12.5. The molecule has 354 valence electrons. The summed E-state index contributed by atoms with van der Waals surface area (Å²) in [7, 11) is 0. The van der Waals surface area contributed by atoms with E-state index in [0.717, 1.165) is 25.7 Å². The fourth-order valence-electron chi connectivity index (χ4n) is 9.13. The van der Waals surface area contributed by atoms with Gasteiger partial charge in [-0.15, -0.1) is 0 Å². The van der Waals surface area contributed by atoms with E-state index in [1.807, 2.05) is 0 Å². The Kier molecular flexibility index (Phi) is 51.2. The maximum absolute atomic E-state index is 12.5. The summed E-state index contributed by atoms with van der Waals surface area (Å²) in [6, 6.07) is -0.531. The predicted octanol–water partition coefficient (Wildman–Crippen LogP) is 18.0. The Labute approximate surface area is 372 Å². The Bertz CT molecular complexity index is 773. The lowest BCUT2D eigenvalue weighted by Gasteiger charge is -2.22. The van der Waals surface area contributed by atoms with E-state index in [9.17, 15) is 15.0 Å². The molecule has 2 atom stereocenters. The highest BCUT2D eigenvalue weighted by atomic mass is 16.3. The number of aliphatic hydroxyl groups is 2. The first-order chi connectivity index (χ1) is 29.2. The highest BCUT2D eigenvalue weighted by molar-refractivity contribution is 5.76. The van der Waals surface area contributed by atoms with E-state index < -0.39 is 12.1 Å². The van der Waals surface area contributed by atoms with Crippen LogP contribution in [0.1, 0.15) is 328 Å². The molecular formula is C55H111NO3. The van der Waals surface area contributed by atoms with Crippen LogP contribution in [0.3, 0.4) is 0 Å². The highest BCUT2D eigenvalue weighted by Gasteiger charge is 2.20. The third-order valence-electron chi connectivity index (χ3n) is 13.4. The summed E-state index contributed by atoms with van der Waals surface area (Å²) in [5.41, 5.74) is 0. The predicted molar refractivity (Wildman–Crippen MR) is 263 cm³/mol. The fraction of sp³-hybridized carbons (Fsp3) is 0.982. The first kappa shape index (κ1) is 58.4. The van der Waals surface area contributed by atoms with Gasteiger partial charge in [-0.1, -0.05) is 309 Å². The number of unbranched alkanes of at least 4 members (excludes halogenated alkanes) is 45. The van der Waals surface area contributed by atoms with Crippen molar-refractivity contribution in [3.63, 3.8) is 0 Å². The summed E-state index contributed by atoms with van der Waals surface area (Å²) < 4.78 is 0. The summed E-state index contributed by atoms with van der Waals surface area (Å²) in [6.45, 7) is 4.41. The molecule has 4 nitrogen and oxygen atoms in total. The Morgan fingerprint density at radius 3 is 0.763 bits per heavy atom. The van der Waals surface area contributed by atoms with E-state index in [0.29, 0.717) is 12.8 Å². The maximum Gasteiger partial charge on any atom is 0.220 e. The monoisotopic (exact) mass is 834 g/mol. The van der Waals surface area contributed by atoms with Crippen molar-refractivity contribution in [2.75, 3.05) is 6.61 Å². The van der Waals surface area contributed by atoms with Crippen LogP contribution in [0.4, 0.5) is 0 Å². The van der Waals surface area contributed by atoms with Gasteiger partial charge in [-0.05, 0) is 12.8 Å². The van der Waals surface area contributed by atoms with E-state index >= 15 is 0 Å². The zero-order valence-corrected chi connectivity index (χ0v) is 40.8. The molecule has 3 N–H and O–H groups in total. The van der Waals surface area contributed by atoms with E-state index in [1.165, 1.54) is 276 Å². The minimum atomic E-state index is -0.655. The van der Waals surface area contributed by atoms with Gasteiger partial charge in [0.2, 0.25) is 5.91 Å². The van der Waals surface area contributed by atoms with Crippen LogP contribution in [0, 0.1) is 0 Å². The van der Waals surface area contributed by atoms with Gasteiger partial charge in [0.25, 0.3) is 0 Å². The van der Waals surface area contributed by atoms with Gasteiger partial charge in [-0.3, -0.25) is 4.79 Å². The summed E-state index contributed by atoms with van der Waals surface area (Å²) >= 11 is 0. The number of aliphatic hydroxyl groups excluding tert-OH is 2. The first-order valence-electron chi connectivity index (χ1n) is 27.7. The average molecular weight is 834 g/mol. The van der Waals surface area contributed by atoms with Crippen molar-refractivity contribution in [2.24, 2.45) is 0 Å². The van der Waals surface area contributed by atoms with Crippen molar-refractivity contribution in [1.29, 1.82) is 0 Å². The number of amides is 1. The Morgan fingerprint density at radius 2 is 0.542 bits per heavy atom. The number of hydrogen-bond acceptors (Lipinski definition) is 3. The minimum Gasteiger partial charge on any atom is -0.394 e. The molecule has 0 rings (SSSR count). The quantitative estimate of drug-likeness (QED) is 0.0535.